The zero-order valence-electron chi connectivity index (χ0n) is 10.9. The summed E-state index contributed by atoms with van der Waals surface area (Å²) in [6, 6.07) is 8.59. The maximum absolute atomic E-state index is 12.2. The summed E-state index contributed by atoms with van der Waals surface area (Å²) in [4.78, 5) is 16.4. The highest BCUT2D eigenvalue weighted by atomic mass is 35.5. The van der Waals surface area contributed by atoms with Gasteiger partial charge in [0.25, 0.3) is 0 Å². The second kappa shape index (κ2) is 7.36. The number of rotatable bonds is 4. The summed E-state index contributed by atoms with van der Waals surface area (Å²) in [7, 11) is 0. The number of carbonyl (C=O) groups excluding carboxylic acids is 1. The minimum atomic E-state index is -0.345. The zero-order chi connectivity index (χ0) is 15.4. The Balaban J connectivity index is 2.08. The van der Waals surface area contributed by atoms with Gasteiger partial charge in [0.05, 0.1) is 26.0 Å². The van der Waals surface area contributed by atoms with Gasteiger partial charge < -0.3 is 5.32 Å². The Morgan fingerprint density at radius 2 is 1.90 bits per heavy atom. The van der Waals surface area contributed by atoms with Crippen molar-refractivity contribution in [1.29, 1.82) is 0 Å². The van der Waals surface area contributed by atoms with Crippen LogP contribution in [-0.4, -0.2) is 16.1 Å². The Kier molecular flexibility index (Phi) is 5.76. The number of nitrogens with one attached hydrogen (secondary N) is 1. The van der Waals surface area contributed by atoms with Crippen molar-refractivity contribution in [3.8, 4) is 0 Å². The van der Waals surface area contributed by atoms with Crippen LogP contribution in [0.3, 0.4) is 0 Å². The van der Waals surface area contributed by atoms with Crippen LogP contribution in [0.4, 0.5) is 5.69 Å². The monoisotopic (exact) mass is 360 g/mol. The van der Waals surface area contributed by atoms with Crippen molar-refractivity contribution >= 4 is 58.2 Å². The van der Waals surface area contributed by atoms with Crippen molar-refractivity contribution in [1.82, 2.24) is 4.98 Å². The Morgan fingerprint density at radius 3 is 2.48 bits per heavy atom. The maximum Gasteiger partial charge on any atom is 0.237 e. The molecule has 2 rings (SSSR count). The van der Waals surface area contributed by atoms with Gasteiger partial charge in [-0.1, -0.05) is 52.6 Å². The highest BCUT2D eigenvalue weighted by molar-refractivity contribution is 8.00. The summed E-state index contributed by atoms with van der Waals surface area (Å²) in [6.45, 7) is 1.78. The molecule has 0 saturated carbocycles. The molecular formula is C14H11Cl3N2OS. The van der Waals surface area contributed by atoms with Gasteiger partial charge in [0.2, 0.25) is 5.91 Å². The van der Waals surface area contributed by atoms with Gasteiger partial charge in [-0.15, -0.1) is 0 Å². The van der Waals surface area contributed by atoms with Crippen molar-refractivity contribution < 1.29 is 4.79 Å². The molecule has 0 aliphatic rings. The Hall–Kier alpha value is -0.940. The summed E-state index contributed by atoms with van der Waals surface area (Å²) < 4.78 is 0. The molecule has 0 bridgehead atoms. The summed E-state index contributed by atoms with van der Waals surface area (Å²) in [5.74, 6) is -0.211. The van der Waals surface area contributed by atoms with E-state index in [1.54, 1.807) is 13.1 Å². The second-order valence-corrected chi connectivity index (χ2v) is 6.77. The number of pyridine rings is 1. The van der Waals surface area contributed by atoms with Crippen LogP contribution in [0.5, 0.6) is 0 Å². The van der Waals surface area contributed by atoms with Crippen LogP contribution in [0.1, 0.15) is 6.92 Å². The fraction of sp³-hybridized carbons (Fsp3) is 0.143. The molecule has 2 aromatic rings. The fourth-order valence-electron chi connectivity index (χ4n) is 1.54. The van der Waals surface area contributed by atoms with Gasteiger partial charge in [-0.25, -0.2) is 4.98 Å². The number of hydrogen-bond acceptors (Lipinski definition) is 3. The van der Waals surface area contributed by atoms with E-state index in [9.17, 15) is 4.79 Å². The number of anilines is 1. The summed E-state index contributed by atoms with van der Waals surface area (Å²) in [6.07, 6.45) is 1.68. The van der Waals surface area contributed by atoms with Crippen LogP contribution >= 0.6 is 46.6 Å². The van der Waals surface area contributed by atoms with E-state index in [-0.39, 0.29) is 11.2 Å². The third-order valence-electron chi connectivity index (χ3n) is 2.56. The van der Waals surface area contributed by atoms with Crippen molar-refractivity contribution in [3.63, 3.8) is 0 Å². The van der Waals surface area contributed by atoms with Crippen molar-refractivity contribution in [2.45, 2.75) is 17.2 Å². The van der Waals surface area contributed by atoms with Crippen molar-refractivity contribution in [2.24, 2.45) is 0 Å². The topological polar surface area (TPSA) is 42.0 Å². The van der Waals surface area contributed by atoms with E-state index in [2.05, 4.69) is 10.3 Å². The molecule has 0 aliphatic carbocycles. The smallest absolute Gasteiger partial charge is 0.237 e. The summed E-state index contributed by atoms with van der Waals surface area (Å²) >= 11 is 19.3. The lowest BCUT2D eigenvalue weighted by molar-refractivity contribution is -0.115. The number of thioether (sulfide) groups is 1. The van der Waals surface area contributed by atoms with Gasteiger partial charge >= 0.3 is 0 Å². The lowest BCUT2D eigenvalue weighted by Crippen LogP contribution is -2.22. The lowest BCUT2D eigenvalue weighted by atomic mass is 10.3. The van der Waals surface area contributed by atoms with Crippen LogP contribution in [0, 0.1) is 0 Å². The van der Waals surface area contributed by atoms with E-state index in [4.69, 9.17) is 34.8 Å². The highest BCUT2D eigenvalue weighted by Crippen LogP contribution is 2.34. The second-order valence-electron chi connectivity index (χ2n) is 4.16. The molecule has 1 atom stereocenters. The quantitative estimate of drug-likeness (QED) is 0.765. The molecule has 3 nitrogen and oxygen atoms in total. The number of carbonyl (C=O) groups is 1. The Morgan fingerprint density at radius 1 is 1.24 bits per heavy atom. The average Bonchev–Trinajstić information content (AvgIpc) is 2.43. The fourth-order valence-corrected chi connectivity index (χ4v) is 3.26. The molecule has 1 aromatic carbocycles. The van der Waals surface area contributed by atoms with Crippen LogP contribution in [0.2, 0.25) is 15.1 Å². The highest BCUT2D eigenvalue weighted by Gasteiger charge is 2.18. The molecule has 21 heavy (non-hydrogen) atoms. The third kappa shape index (κ3) is 4.51. The maximum atomic E-state index is 12.2. The first-order chi connectivity index (χ1) is 9.97. The van der Waals surface area contributed by atoms with E-state index in [0.29, 0.717) is 20.8 Å². The number of halogens is 3. The molecule has 7 heteroatoms. The molecule has 0 aliphatic heterocycles. The minimum Gasteiger partial charge on any atom is -0.323 e. The molecular weight excluding hydrogens is 351 g/mol. The van der Waals surface area contributed by atoms with Crippen LogP contribution in [-0.2, 0) is 4.79 Å². The van der Waals surface area contributed by atoms with E-state index < -0.39 is 0 Å². The largest absolute Gasteiger partial charge is 0.323 e. The molecule has 0 saturated heterocycles. The van der Waals surface area contributed by atoms with E-state index in [1.807, 2.05) is 18.2 Å². The van der Waals surface area contributed by atoms with Crippen molar-refractivity contribution in [2.75, 3.05) is 5.32 Å². The lowest BCUT2D eigenvalue weighted by Gasteiger charge is -2.14. The van der Waals surface area contributed by atoms with E-state index in [0.717, 1.165) is 5.03 Å². The number of amides is 1. The number of benzene rings is 1. The van der Waals surface area contributed by atoms with Crippen LogP contribution < -0.4 is 5.32 Å². The van der Waals surface area contributed by atoms with E-state index >= 15 is 0 Å². The summed E-state index contributed by atoms with van der Waals surface area (Å²) in [5, 5.41) is 4.16. The molecule has 110 valence electrons. The number of hydrogen-bond donors (Lipinski definition) is 1. The van der Waals surface area contributed by atoms with Gasteiger partial charge in [0.15, 0.2) is 0 Å². The molecule has 1 N–H and O–H groups in total. The Bertz CT molecular complexity index is 629. The van der Waals surface area contributed by atoms with Crippen LogP contribution in [0.25, 0.3) is 0 Å². The van der Waals surface area contributed by atoms with Crippen LogP contribution in [0.15, 0.2) is 41.6 Å². The van der Waals surface area contributed by atoms with Gasteiger partial charge in [-0.2, -0.15) is 0 Å². The van der Waals surface area contributed by atoms with Gasteiger partial charge in [0, 0.05) is 11.2 Å². The molecule has 0 radical (unpaired) electrons. The zero-order valence-corrected chi connectivity index (χ0v) is 14.0. The molecule has 1 heterocycles. The average molecular weight is 362 g/mol. The van der Waals surface area contributed by atoms with Crippen molar-refractivity contribution in [3.05, 3.63) is 51.6 Å². The Labute approximate surface area is 142 Å². The van der Waals surface area contributed by atoms with Gasteiger partial charge in [0.1, 0.15) is 0 Å². The first kappa shape index (κ1) is 16.4. The predicted octanol–water partition coefficient (Wildman–Crippen LogP) is 5.16. The molecule has 1 unspecified atom stereocenters. The normalized spacial score (nSPS) is 12.0. The predicted molar refractivity (Wildman–Crippen MR) is 89.7 cm³/mol. The van der Waals surface area contributed by atoms with E-state index in [1.165, 1.54) is 23.9 Å². The standard InChI is InChI=1S/C14H11Cl3N2OS/c1-8(21-12-4-2-3-5-18-12)14(20)19-13-10(16)6-9(15)7-11(13)17/h2-8H,1H3,(H,19,20). The molecule has 0 fully saturated rings. The van der Waals surface area contributed by atoms with Gasteiger partial charge in [-0.3, -0.25) is 4.79 Å². The SMILES string of the molecule is CC(Sc1ccccn1)C(=O)Nc1c(Cl)cc(Cl)cc1Cl. The molecule has 0 spiro atoms. The molecule has 1 amide bonds. The molecule has 1 aromatic heterocycles. The van der Waals surface area contributed by atoms with Gasteiger partial charge in [-0.05, 0) is 31.2 Å². The number of nitrogens with zero attached hydrogens (tertiary/aromatic N) is 1. The summed E-state index contributed by atoms with van der Waals surface area (Å²) in [5.41, 5.74) is 0.362. The third-order valence-corrected chi connectivity index (χ3v) is 4.42. The first-order valence-corrected chi connectivity index (χ1v) is 8.02. The number of aromatic nitrogens is 1. The minimum absolute atomic E-state index is 0.211. The first-order valence-electron chi connectivity index (χ1n) is 6.00.